The van der Waals surface area contributed by atoms with Gasteiger partial charge in [0, 0.05) is 15.7 Å². The average Bonchev–Trinajstić information content (AvgIpc) is 2.46. The van der Waals surface area contributed by atoms with Crippen LogP contribution in [0.3, 0.4) is 0 Å². The van der Waals surface area contributed by atoms with Gasteiger partial charge in [0.25, 0.3) is 0 Å². The molecule has 106 valence electrons. The van der Waals surface area contributed by atoms with Crippen molar-refractivity contribution in [3.63, 3.8) is 0 Å². The van der Waals surface area contributed by atoms with Crippen LogP contribution >= 0.6 is 15.9 Å². The molecule has 0 aromatic heterocycles. The zero-order valence-corrected chi connectivity index (χ0v) is 13.1. The van der Waals surface area contributed by atoms with Crippen molar-refractivity contribution in [3.05, 3.63) is 58.1 Å². The van der Waals surface area contributed by atoms with Crippen molar-refractivity contribution in [2.45, 2.75) is 13.0 Å². The number of hydrogen-bond acceptors (Lipinski definition) is 3. The smallest absolute Gasteiger partial charge is 0.124 e. The SMILES string of the molecule is COc1ccc(Br)cc1C(CO)Nc1ccc(C)cc1. The molecule has 0 radical (unpaired) electrons. The maximum absolute atomic E-state index is 9.67. The van der Waals surface area contributed by atoms with Gasteiger partial charge in [-0.1, -0.05) is 33.6 Å². The summed E-state index contributed by atoms with van der Waals surface area (Å²) >= 11 is 3.45. The van der Waals surface area contributed by atoms with Gasteiger partial charge in [-0.2, -0.15) is 0 Å². The Bertz CT molecular complexity index is 569. The maximum Gasteiger partial charge on any atom is 0.124 e. The first kappa shape index (κ1) is 14.9. The second-order valence-electron chi connectivity index (χ2n) is 4.63. The third kappa shape index (κ3) is 3.52. The minimum atomic E-state index is -0.217. The van der Waals surface area contributed by atoms with Crippen LogP contribution in [-0.4, -0.2) is 18.8 Å². The Kier molecular flexibility index (Phi) is 5.04. The number of benzene rings is 2. The molecule has 2 rings (SSSR count). The second-order valence-corrected chi connectivity index (χ2v) is 5.55. The number of hydrogen-bond donors (Lipinski definition) is 2. The lowest BCUT2D eigenvalue weighted by Crippen LogP contribution is -2.15. The topological polar surface area (TPSA) is 41.5 Å². The van der Waals surface area contributed by atoms with Crippen molar-refractivity contribution >= 4 is 21.6 Å². The highest BCUT2D eigenvalue weighted by Crippen LogP contribution is 2.30. The summed E-state index contributed by atoms with van der Waals surface area (Å²) in [5.41, 5.74) is 3.10. The number of anilines is 1. The number of nitrogens with one attached hydrogen (secondary N) is 1. The van der Waals surface area contributed by atoms with Crippen molar-refractivity contribution in [2.75, 3.05) is 19.0 Å². The van der Waals surface area contributed by atoms with Crippen LogP contribution in [0.5, 0.6) is 5.75 Å². The average molecular weight is 336 g/mol. The van der Waals surface area contributed by atoms with Gasteiger partial charge in [0.1, 0.15) is 5.75 Å². The predicted octanol–water partition coefficient (Wildman–Crippen LogP) is 3.91. The summed E-state index contributed by atoms with van der Waals surface area (Å²) in [4.78, 5) is 0. The van der Waals surface area contributed by atoms with E-state index < -0.39 is 0 Å². The molecule has 0 heterocycles. The van der Waals surface area contributed by atoms with Gasteiger partial charge in [-0.25, -0.2) is 0 Å². The third-order valence-corrected chi connectivity index (χ3v) is 3.64. The zero-order chi connectivity index (χ0) is 14.5. The first-order chi connectivity index (χ1) is 9.63. The Balaban J connectivity index is 2.28. The van der Waals surface area contributed by atoms with Crippen LogP contribution in [0.4, 0.5) is 5.69 Å². The van der Waals surface area contributed by atoms with Gasteiger partial charge in [-0.15, -0.1) is 0 Å². The quantitative estimate of drug-likeness (QED) is 0.870. The van der Waals surface area contributed by atoms with Gasteiger partial charge in [-0.05, 0) is 37.3 Å². The molecule has 0 aliphatic rings. The van der Waals surface area contributed by atoms with Gasteiger partial charge < -0.3 is 15.2 Å². The monoisotopic (exact) mass is 335 g/mol. The van der Waals surface area contributed by atoms with Crippen LogP contribution in [0.1, 0.15) is 17.2 Å². The Labute approximate surface area is 127 Å². The summed E-state index contributed by atoms with van der Waals surface area (Å²) in [5, 5.41) is 13.0. The molecule has 0 spiro atoms. The third-order valence-electron chi connectivity index (χ3n) is 3.14. The van der Waals surface area contributed by atoms with Crippen LogP contribution < -0.4 is 10.1 Å². The van der Waals surface area contributed by atoms with E-state index in [4.69, 9.17) is 4.74 Å². The van der Waals surface area contributed by atoms with Gasteiger partial charge in [-0.3, -0.25) is 0 Å². The lowest BCUT2D eigenvalue weighted by molar-refractivity contribution is 0.273. The molecule has 1 atom stereocenters. The highest BCUT2D eigenvalue weighted by Gasteiger charge is 2.15. The molecule has 0 amide bonds. The molecule has 0 aliphatic heterocycles. The van der Waals surface area contributed by atoms with E-state index in [1.54, 1.807) is 7.11 Å². The molecule has 0 saturated heterocycles. The van der Waals surface area contributed by atoms with Crippen LogP contribution in [0.2, 0.25) is 0 Å². The molecule has 4 heteroatoms. The first-order valence-corrected chi connectivity index (χ1v) is 7.21. The molecule has 0 saturated carbocycles. The van der Waals surface area contributed by atoms with Gasteiger partial charge in [0.15, 0.2) is 0 Å². The van der Waals surface area contributed by atoms with Crippen LogP contribution in [0, 0.1) is 6.92 Å². The molecule has 2 aromatic rings. The standard InChI is InChI=1S/C16H18BrNO2/c1-11-3-6-13(7-4-11)18-15(10-19)14-9-12(17)5-8-16(14)20-2/h3-9,15,18-19H,10H2,1-2H3. The first-order valence-electron chi connectivity index (χ1n) is 6.41. The summed E-state index contributed by atoms with van der Waals surface area (Å²) in [6, 6.07) is 13.6. The van der Waals surface area contributed by atoms with Crippen molar-refractivity contribution in [1.29, 1.82) is 0 Å². The Morgan fingerprint density at radius 2 is 1.90 bits per heavy atom. The molecule has 0 bridgehead atoms. The van der Waals surface area contributed by atoms with E-state index in [2.05, 4.69) is 21.2 Å². The van der Waals surface area contributed by atoms with E-state index in [1.165, 1.54) is 5.56 Å². The van der Waals surface area contributed by atoms with E-state index in [1.807, 2.05) is 49.4 Å². The molecule has 2 aromatic carbocycles. The van der Waals surface area contributed by atoms with E-state index >= 15 is 0 Å². The lowest BCUT2D eigenvalue weighted by Gasteiger charge is -2.21. The highest BCUT2D eigenvalue weighted by atomic mass is 79.9. The number of ether oxygens (including phenoxy) is 1. The fraction of sp³-hybridized carbons (Fsp3) is 0.250. The molecule has 3 nitrogen and oxygen atoms in total. The number of aliphatic hydroxyl groups excluding tert-OH is 1. The van der Waals surface area contributed by atoms with Crippen molar-refractivity contribution in [1.82, 2.24) is 0 Å². The van der Waals surface area contributed by atoms with Gasteiger partial charge in [0.05, 0.1) is 19.8 Å². The fourth-order valence-corrected chi connectivity index (χ4v) is 2.43. The minimum absolute atomic E-state index is 0.0132. The summed E-state index contributed by atoms with van der Waals surface area (Å²) < 4.78 is 6.32. The molecule has 1 unspecified atom stereocenters. The summed E-state index contributed by atoms with van der Waals surface area (Å²) in [5.74, 6) is 0.756. The van der Waals surface area contributed by atoms with Crippen LogP contribution in [0.25, 0.3) is 0 Å². The molecule has 0 aliphatic carbocycles. The zero-order valence-electron chi connectivity index (χ0n) is 11.6. The minimum Gasteiger partial charge on any atom is -0.496 e. The largest absolute Gasteiger partial charge is 0.496 e. The number of aliphatic hydroxyl groups is 1. The Morgan fingerprint density at radius 3 is 2.50 bits per heavy atom. The van der Waals surface area contributed by atoms with Gasteiger partial charge in [0.2, 0.25) is 0 Å². The molecule has 20 heavy (non-hydrogen) atoms. The normalized spacial score (nSPS) is 12.0. The number of methoxy groups -OCH3 is 1. The summed E-state index contributed by atoms with van der Waals surface area (Å²) in [6.45, 7) is 2.03. The molecular weight excluding hydrogens is 318 g/mol. The Morgan fingerprint density at radius 1 is 1.20 bits per heavy atom. The second kappa shape index (κ2) is 6.77. The van der Waals surface area contributed by atoms with E-state index in [0.29, 0.717) is 0 Å². The van der Waals surface area contributed by atoms with Crippen LogP contribution in [-0.2, 0) is 0 Å². The Hall–Kier alpha value is -1.52. The molecular formula is C16H18BrNO2. The number of aryl methyl sites for hydroxylation is 1. The lowest BCUT2D eigenvalue weighted by atomic mass is 10.1. The van der Waals surface area contributed by atoms with Crippen LogP contribution in [0.15, 0.2) is 46.9 Å². The number of halogens is 1. The summed E-state index contributed by atoms with van der Waals surface area (Å²) in [7, 11) is 1.63. The van der Waals surface area contributed by atoms with E-state index in [0.717, 1.165) is 21.5 Å². The van der Waals surface area contributed by atoms with Crippen molar-refractivity contribution in [3.8, 4) is 5.75 Å². The molecule has 0 fully saturated rings. The van der Waals surface area contributed by atoms with E-state index in [9.17, 15) is 5.11 Å². The fourth-order valence-electron chi connectivity index (χ4n) is 2.05. The number of rotatable bonds is 5. The summed E-state index contributed by atoms with van der Waals surface area (Å²) in [6.07, 6.45) is 0. The predicted molar refractivity (Wildman–Crippen MR) is 85.3 cm³/mol. The molecule has 2 N–H and O–H groups in total. The van der Waals surface area contributed by atoms with Crippen molar-refractivity contribution in [2.24, 2.45) is 0 Å². The van der Waals surface area contributed by atoms with E-state index in [-0.39, 0.29) is 12.6 Å². The van der Waals surface area contributed by atoms with Crippen molar-refractivity contribution < 1.29 is 9.84 Å². The maximum atomic E-state index is 9.67. The highest BCUT2D eigenvalue weighted by molar-refractivity contribution is 9.10. The van der Waals surface area contributed by atoms with Gasteiger partial charge >= 0.3 is 0 Å².